The van der Waals surface area contributed by atoms with Crippen molar-refractivity contribution in [3.8, 4) is 0 Å². The van der Waals surface area contributed by atoms with Gasteiger partial charge in [-0.15, -0.1) is 0 Å². The van der Waals surface area contributed by atoms with Gasteiger partial charge in [-0.25, -0.2) is 0 Å². The Morgan fingerprint density at radius 3 is 2.75 bits per heavy atom. The molecule has 0 unspecified atom stereocenters. The Bertz CT molecular complexity index is 726. The highest BCUT2D eigenvalue weighted by Gasteiger charge is 2.19. The number of rotatable bonds is 9. The number of hydrogen-bond donors (Lipinski definition) is 1. The fourth-order valence-corrected chi connectivity index (χ4v) is 3.31. The minimum absolute atomic E-state index is 0.0851. The van der Waals surface area contributed by atoms with Gasteiger partial charge in [0, 0.05) is 51.3 Å². The predicted octanol–water partition coefficient (Wildman–Crippen LogP) is 3.28. The fourth-order valence-electron chi connectivity index (χ4n) is 3.31. The quantitative estimate of drug-likeness (QED) is 0.537. The van der Waals surface area contributed by atoms with E-state index in [1.165, 1.54) is 5.56 Å². The zero-order chi connectivity index (χ0) is 19.4. The number of benzene rings is 1. The van der Waals surface area contributed by atoms with Crippen LogP contribution in [0.3, 0.4) is 0 Å². The van der Waals surface area contributed by atoms with Gasteiger partial charge in [-0.3, -0.25) is 14.7 Å². The number of likely N-dealkylation sites (tertiary alicyclic amines) is 1. The van der Waals surface area contributed by atoms with Gasteiger partial charge in [0.1, 0.15) is 0 Å². The standard InChI is InChI=1S/C23H29N3O2/c27-23(10-9-20-8-4-13-24-18-20)25-14-5-17-28-22-11-15-26(16-12-22)19-21-6-2-1-3-7-21/h1-4,6-10,13,18,22H,5,11-12,14-17,19H2,(H,25,27). The summed E-state index contributed by atoms with van der Waals surface area (Å²) in [7, 11) is 0. The van der Waals surface area contributed by atoms with Gasteiger partial charge >= 0.3 is 0 Å². The first kappa shape index (κ1) is 20.2. The molecule has 1 aliphatic heterocycles. The lowest BCUT2D eigenvalue weighted by Crippen LogP contribution is -2.36. The van der Waals surface area contributed by atoms with Gasteiger partial charge in [-0.1, -0.05) is 36.4 Å². The molecule has 1 fully saturated rings. The largest absolute Gasteiger partial charge is 0.378 e. The topological polar surface area (TPSA) is 54.5 Å². The normalized spacial score (nSPS) is 15.7. The van der Waals surface area contributed by atoms with E-state index >= 15 is 0 Å². The lowest BCUT2D eigenvalue weighted by molar-refractivity contribution is -0.116. The van der Waals surface area contributed by atoms with Crippen LogP contribution in [0, 0.1) is 0 Å². The number of aromatic nitrogens is 1. The van der Waals surface area contributed by atoms with Crippen molar-refractivity contribution in [1.82, 2.24) is 15.2 Å². The van der Waals surface area contributed by atoms with Gasteiger partial charge in [-0.2, -0.15) is 0 Å². The molecule has 2 heterocycles. The number of piperidine rings is 1. The second-order valence-corrected chi connectivity index (χ2v) is 7.10. The Labute approximate surface area is 167 Å². The van der Waals surface area contributed by atoms with Gasteiger partial charge in [0.25, 0.3) is 0 Å². The molecular formula is C23H29N3O2. The van der Waals surface area contributed by atoms with Crippen LogP contribution in [0.2, 0.25) is 0 Å². The van der Waals surface area contributed by atoms with Gasteiger partial charge in [0.15, 0.2) is 0 Å². The highest BCUT2D eigenvalue weighted by molar-refractivity contribution is 5.91. The molecule has 5 heteroatoms. The van der Waals surface area contributed by atoms with Crippen molar-refractivity contribution >= 4 is 12.0 Å². The van der Waals surface area contributed by atoms with Crippen molar-refractivity contribution < 1.29 is 9.53 Å². The summed E-state index contributed by atoms with van der Waals surface area (Å²) in [6.07, 6.45) is 10.1. The van der Waals surface area contributed by atoms with Crippen LogP contribution in [0.4, 0.5) is 0 Å². The molecule has 1 amide bonds. The van der Waals surface area contributed by atoms with Crippen LogP contribution < -0.4 is 5.32 Å². The Hall–Kier alpha value is -2.50. The summed E-state index contributed by atoms with van der Waals surface area (Å²) < 4.78 is 5.99. The molecule has 1 N–H and O–H groups in total. The minimum atomic E-state index is -0.0851. The Balaban J connectivity index is 1.23. The summed E-state index contributed by atoms with van der Waals surface area (Å²) >= 11 is 0. The van der Waals surface area contributed by atoms with Gasteiger partial charge in [0.2, 0.25) is 5.91 Å². The molecule has 1 aromatic carbocycles. The first-order valence-corrected chi connectivity index (χ1v) is 10.0. The second-order valence-electron chi connectivity index (χ2n) is 7.10. The molecule has 148 valence electrons. The number of carbonyl (C=O) groups is 1. The second kappa shape index (κ2) is 11.4. The Morgan fingerprint density at radius 1 is 1.18 bits per heavy atom. The number of hydrogen-bond acceptors (Lipinski definition) is 4. The molecule has 1 aromatic heterocycles. The van der Waals surface area contributed by atoms with Crippen LogP contribution in [-0.4, -0.2) is 48.1 Å². The monoisotopic (exact) mass is 379 g/mol. The first-order chi connectivity index (χ1) is 13.8. The molecule has 0 atom stereocenters. The summed E-state index contributed by atoms with van der Waals surface area (Å²) in [5, 5.41) is 2.89. The van der Waals surface area contributed by atoms with Crippen LogP contribution in [0.25, 0.3) is 6.08 Å². The first-order valence-electron chi connectivity index (χ1n) is 10.0. The maximum atomic E-state index is 11.8. The smallest absolute Gasteiger partial charge is 0.244 e. The molecule has 0 aliphatic carbocycles. The third kappa shape index (κ3) is 7.25. The molecule has 28 heavy (non-hydrogen) atoms. The van der Waals surface area contributed by atoms with Crippen LogP contribution in [-0.2, 0) is 16.1 Å². The number of nitrogens with zero attached hydrogens (tertiary/aromatic N) is 2. The van der Waals surface area contributed by atoms with E-state index in [-0.39, 0.29) is 5.91 Å². The number of carbonyl (C=O) groups excluding carboxylic acids is 1. The third-order valence-electron chi connectivity index (χ3n) is 4.87. The summed E-state index contributed by atoms with van der Waals surface area (Å²) in [5.41, 5.74) is 2.29. The van der Waals surface area contributed by atoms with E-state index in [0.717, 1.165) is 44.5 Å². The average molecular weight is 380 g/mol. The van der Waals surface area contributed by atoms with Gasteiger partial charge in [0.05, 0.1) is 6.10 Å². The zero-order valence-electron chi connectivity index (χ0n) is 16.3. The van der Waals surface area contributed by atoms with Crippen molar-refractivity contribution in [3.63, 3.8) is 0 Å². The highest BCUT2D eigenvalue weighted by Crippen LogP contribution is 2.16. The van der Waals surface area contributed by atoms with E-state index in [0.29, 0.717) is 19.3 Å². The Morgan fingerprint density at radius 2 is 2.00 bits per heavy atom. The van der Waals surface area contributed by atoms with Crippen LogP contribution >= 0.6 is 0 Å². The molecule has 0 bridgehead atoms. The van der Waals surface area contributed by atoms with E-state index in [4.69, 9.17) is 4.74 Å². The fraction of sp³-hybridized carbons (Fsp3) is 0.391. The number of nitrogens with one attached hydrogen (secondary N) is 1. The summed E-state index contributed by atoms with van der Waals surface area (Å²) in [4.78, 5) is 18.3. The molecule has 1 saturated heterocycles. The molecule has 0 radical (unpaired) electrons. The summed E-state index contributed by atoms with van der Waals surface area (Å²) in [6.45, 7) is 4.50. The summed E-state index contributed by atoms with van der Waals surface area (Å²) in [5.74, 6) is -0.0851. The van der Waals surface area contributed by atoms with Crippen LogP contribution in [0.1, 0.15) is 30.4 Å². The van der Waals surface area contributed by atoms with Crippen molar-refractivity contribution in [2.45, 2.75) is 31.9 Å². The molecule has 0 saturated carbocycles. The van der Waals surface area contributed by atoms with Crippen LogP contribution in [0.5, 0.6) is 0 Å². The zero-order valence-corrected chi connectivity index (χ0v) is 16.3. The molecule has 2 aromatic rings. The molecule has 1 aliphatic rings. The van der Waals surface area contributed by atoms with Gasteiger partial charge < -0.3 is 10.1 Å². The predicted molar refractivity (Wildman–Crippen MR) is 112 cm³/mol. The van der Waals surface area contributed by atoms with Crippen molar-refractivity contribution in [3.05, 3.63) is 72.1 Å². The molecular weight excluding hydrogens is 350 g/mol. The number of pyridine rings is 1. The van der Waals surface area contributed by atoms with E-state index in [1.54, 1.807) is 24.5 Å². The number of ether oxygens (including phenoxy) is 1. The van der Waals surface area contributed by atoms with E-state index in [2.05, 4.69) is 45.5 Å². The molecule has 5 nitrogen and oxygen atoms in total. The van der Waals surface area contributed by atoms with Crippen molar-refractivity contribution in [2.75, 3.05) is 26.2 Å². The average Bonchev–Trinajstić information content (AvgIpc) is 2.75. The summed E-state index contributed by atoms with van der Waals surface area (Å²) in [6, 6.07) is 14.4. The van der Waals surface area contributed by atoms with Crippen molar-refractivity contribution in [2.24, 2.45) is 0 Å². The number of amides is 1. The lowest BCUT2D eigenvalue weighted by Gasteiger charge is -2.32. The third-order valence-corrected chi connectivity index (χ3v) is 4.87. The van der Waals surface area contributed by atoms with Crippen molar-refractivity contribution in [1.29, 1.82) is 0 Å². The molecule has 3 rings (SSSR count). The SMILES string of the molecule is O=C(C=Cc1cccnc1)NCCCOC1CCN(Cc2ccccc2)CC1. The van der Waals surface area contributed by atoms with Gasteiger partial charge in [-0.05, 0) is 42.5 Å². The molecule has 0 spiro atoms. The minimum Gasteiger partial charge on any atom is -0.378 e. The van der Waals surface area contributed by atoms with Crippen LogP contribution in [0.15, 0.2) is 60.9 Å². The maximum Gasteiger partial charge on any atom is 0.244 e. The van der Waals surface area contributed by atoms with E-state index < -0.39 is 0 Å². The maximum absolute atomic E-state index is 11.8. The van der Waals surface area contributed by atoms with E-state index in [1.807, 2.05) is 12.1 Å². The Kier molecular flexibility index (Phi) is 8.22. The lowest BCUT2D eigenvalue weighted by atomic mass is 10.1. The highest BCUT2D eigenvalue weighted by atomic mass is 16.5. The van der Waals surface area contributed by atoms with E-state index in [9.17, 15) is 4.79 Å².